The van der Waals surface area contributed by atoms with E-state index in [0.717, 1.165) is 23.5 Å². The molecule has 0 unspecified atom stereocenters. The van der Waals surface area contributed by atoms with Crippen LogP contribution in [0.4, 0.5) is 34.5 Å². The molecule has 0 spiro atoms. The van der Waals surface area contributed by atoms with E-state index in [1.54, 1.807) is 12.1 Å². The van der Waals surface area contributed by atoms with Crippen molar-refractivity contribution >= 4 is 57.2 Å². The number of aromatic nitrogens is 2. The highest BCUT2D eigenvalue weighted by Gasteiger charge is 2.33. The van der Waals surface area contributed by atoms with Gasteiger partial charge in [0, 0.05) is 23.6 Å². The number of amides is 2. The summed E-state index contributed by atoms with van der Waals surface area (Å²) in [6.07, 6.45) is -4.66. The van der Waals surface area contributed by atoms with E-state index >= 15 is 0 Å². The van der Waals surface area contributed by atoms with E-state index in [2.05, 4.69) is 20.8 Å². The Kier molecular flexibility index (Phi) is 6.97. The zero-order chi connectivity index (χ0) is 22.6. The van der Waals surface area contributed by atoms with Crippen LogP contribution in [0, 0.1) is 10.1 Å². The number of benzene rings is 2. The number of carbonyl (C=O) groups is 1. The summed E-state index contributed by atoms with van der Waals surface area (Å²) in [5.74, 6) is 0.396. The fourth-order valence-corrected chi connectivity index (χ4v) is 4.22. The number of hydrogen-bond acceptors (Lipinski definition) is 7. The number of carbonyl (C=O) groups excluding carboxylic acids is 1. The molecule has 0 fully saturated rings. The van der Waals surface area contributed by atoms with Gasteiger partial charge in [0.15, 0.2) is 4.34 Å². The van der Waals surface area contributed by atoms with Crippen molar-refractivity contribution in [1.29, 1.82) is 0 Å². The SMILES string of the molecule is O=C(Nc1ccc(Cl)c(C(F)(F)F)c1)Nc1nnc(SCc2cccc([N+](=O)[O-])c2)s1. The zero-order valence-electron chi connectivity index (χ0n) is 15.1. The molecule has 0 aliphatic carbocycles. The topological polar surface area (TPSA) is 110 Å². The van der Waals surface area contributed by atoms with E-state index in [0.29, 0.717) is 15.7 Å². The molecule has 2 aromatic carbocycles. The minimum atomic E-state index is -4.66. The van der Waals surface area contributed by atoms with Crippen molar-refractivity contribution in [3.8, 4) is 0 Å². The minimum absolute atomic E-state index is 0.0229. The van der Waals surface area contributed by atoms with Gasteiger partial charge in [0.25, 0.3) is 5.69 Å². The van der Waals surface area contributed by atoms with Crippen LogP contribution >= 0.6 is 34.7 Å². The van der Waals surface area contributed by atoms with E-state index in [-0.39, 0.29) is 16.5 Å². The standard InChI is InChI=1S/C17H11ClF3N5O3S2/c18-13-5-4-10(7-12(13)17(19,20)21)22-14(27)23-15-24-25-16(31-15)30-8-9-2-1-3-11(6-9)26(28)29/h1-7H,8H2,(H2,22,23,24,27). The summed E-state index contributed by atoms with van der Waals surface area (Å²) < 4.78 is 39.2. The Morgan fingerprint density at radius 1 is 1.19 bits per heavy atom. The Bertz CT molecular complexity index is 1130. The number of nitro groups is 1. The predicted octanol–water partition coefficient (Wildman–Crippen LogP) is 6.05. The number of rotatable bonds is 6. The number of hydrogen-bond donors (Lipinski definition) is 2. The molecule has 1 heterocycles. The highest BCUT2D eigenvalue weighted by molar-refractivity contribution is 8.00. The number of thioether (sulfide) groups is 1. The molecule has 162 valence electrons. The van der Waals surface area contributed by atoms with Crippen molar-refractivity contribution in [2.75, 3.05) is 10.6 Å². The fourth-order valence-electron chi connectivity index (χ4n) is 2.30. The highest BCUT2D eigenvalue weighted by atomic mass is 35.5. The molecule has 0 aliphatic rings. The largest absolute Gasteiger partial charge is 0.417 e. The number of urea groups is 1. The van der Waals surface area contributed by atoms with Gasteiger partial charge in [-0.3, -0.25) is 15.4 Å². The lowest BCUT2D eigenvalue weighted by atomic mass is 10.2. The van der Waals surface area contributed by atoms with Crippen LogP contribution in [0.25, 0.3) is 0 Å². The second-order valence-corrected chi connectivity index (χ2v) is 8.47. The molecule has 0 saturated heterocycles. The minimum Gasteiger partial charge on any atom is -0.308 e. The molecule has 0 radical (unpaired) electrons. The first-order chi connectivity index (χ1) is 14.6. The highest BCUT2D eigenvalue weighted by Crippen LogP contribution is 2.36. The Morgan fingerprint density at radius 2 is 1.97 bits per heavy atom. The number of nitrogens with zero attached hydrogens (tertiary/aromatic N) is 3. The molecule has 0 aliphatic heterocycles. The van der Waals surface area contributed by atoms with Crippen molar-refractivity contribution in [2.45, 2.75) is 16.3 Å². The molecule has 0 saturated carbocycles. The second-order valence-electron chi connectivity index (χ2n) is 5.86. The van der Waals surface area contributed by atoms with E-state index in [9.17, 15) is 28.1 Å². The van der Waals surface area contributed by atoms with Gasteiger partial charge < -0.3 is 5.32 Å². The van der Waals surface area contributed by atoms with Crippen LogP contribution in [0.5, 0.6) is 0 Å². The first-order valence-electron chi connectivity index (χ1n) is 8.26. The maximum absolute atomic E-state index is 12.9. The van der Waals surface area contributed by atoms with Crippen molar-refractivity contribution in [1.82, 2.24) is 10.2 Å². The number of anilines is 2. The first kappa shape index (κ1) is 22.8. The number of nitro benzene ring substituents is 1. The molecule has 8 nitrogen and oxygen atoms in total. The van der Waals surface area contributed by atoms with Crippen molar-refractivity contribution in [2.24, 2.45) is 0 Å². The van der Waals surface area contributed by atoms with Crippen LogP contribution in [0.1, 0.15) is 11.1 Å². The second kappa shape index (κ2) is 9.49. The van der Waals surface area contributed by atoms with E-state index in [1.807, 2.05) is 0 Å². The van der Waals surface area contributed by atoms with Gasteiger partial charge in [0.1, 0.15) is 0 Å². The average Bonchev–Trinajstić information content (AvgIpc) is 3.14. The van der Waals surface area contributed by atoms with Gasteiger partial charge in [-0.1, -0.05) is 46.8 Å². The van der Waals surface area contributed by atoms with Crippen LogP contribution in [0.15, 0.2) is 46.8 Å². The van der Waals surface area contributed by atoms with Gasteiger partial charge in [-0.15, -0.1) is 10.2 Å². The lowest BCUT2D eigenvalue weighted by Crippen LogP contribution is -2.19. The molecular weight excluding hydrogens is 479 g/mol. The van der Waals surface area contributed by atoms with Gasteiger partial charge >= 0.3 is 12.2 Å². The van der Waals surface area contributed by atoms with Gasteiger partial charge in [-0.05, 0) is 23.8 Å². The van der Waals surface area contributed by atoms with Crippen LogP contribution in [-0.4, -0.2) is 21.2 Å². The lowest BCUT2D eigenvalue weighted by molar-refractivity contribution is -0.384. The van der Waals surface area contributed by atoms with E-state index in [1.165, 1.54) is 30.0 Å². The Hall–Kier alpha value is -2.90. The zero-order valence-corrected chi connectivity index (χ0v) is 17.5. The van der Waals surface area contributed by atoms with Gasteiger partial charge in [0.05, 0.1) is 15.5 Å². The van der Waals surface area contributed by atoms with Gasteiger partial charge in [0.2, 0.25) is 5.13 Å². The van der Waals surface area contributed by atoms with Crippen LogP contribution in [0.3, 0.4) is 0 Å². The molecule has 2 N–H and O–H groups in total. The van der Waals surface area contributed by atoms with Crippen molar-refractivity contribution in [3.63, 3.8) is 0 Å². The maximum Gasteiger partial charge on any atom is 0.417 e. The first-order valence-corrected chi connectivity index (χ1v) is 10.4. The lowest BCUT2D eigenvalue weighted by Gasteiger charge is -2.11. The van der Waals surface area contributed by atoms with E-state index in [4.69, 9.17) is 11.6 Å². The van der Waals surface area contributed by atoms with Gasteiger partial charge in [-0.25, -0.2) is 4.79 Å². The number of non-ortho nitro benzene ring substituents is 1. The predicted molar refractivity (Wildman–Crippen MR) is 112 cm³/mol. The third kappa shape index (κ3) is 6.29. The molecule has 1 aromatic heterocycles. The molecule has 0 atom stereocenters. The number of halogens is 4. The summed E-state index contributed by atoms with van der Waals surface area (Å²) in [6, 6.07) is 8.33. The van der Waals surface area contributed by atoms with Crippen LogP contribution < -0.4 is 10.6 Å². The summed E-state index contributed by atoms with van der Waals surface area (Å²) in [4.78, 5) is 22.4. The summed E-state index contributed by atoms with van der Waals surface area (Å²) in [6.45, 7) is 0. The van der Waals surface area contributed by atoms with Crippen molar-refractivity contribution < 1.29 is 22.9 Å². The molecule has 14 heteroatoms. The Labute approximate surface area is 186 Å². The molecule has 2 amide bonds. The van der Waals surface area contributed by atoms with Gasteiger partial charge in [-0.2, -0.15) is 13.2 Å². The molecular formula is C17H11ClF3N5O3S2. The number of nitrogens with one attached hydrogen (secondary N) is 2. The Balaban J connectivity index is 1.58. The summed E-state index contributed by atoms with van der Waals surface area (Å²) >= 11 is 7.86. The monoisotopic (exact) mass is 489 g/mol. The molecule has 3 aromatic rings. The summed E-state index contributed by atoms with van der Waals surface area (Å²) in [5, 5.41) is 22.8. The quantitative estimate of drug-likeness (QED) is 0.188. The van der Waals surface area contributed by atoms with Crippen LogP contribution in [-0.2, 0) is 11.9 Å². The smallest absolute Gasteiger partial charge is 0.308 e. The van der Waals surface area contributed by atoms with Crippen LogP contribution in [0.2, 0.25) is 5.02 Å². The van der Waals surface area contributed by atoms with E-state index < -0.39 is 27.7 Å². The molecule has 3 rings (SSSR count). The maximum atomic E-state index is 12.9. The average molecular weight is 490 g/mol. The third-order valence-corrected chi connectivity index (χ3v) is 6.01. The molecule has 31 heavy (non-hydrogen) atoms. The third-order valence-electron chi connectivity index (χ3n) is 3.64. The normalized spacial score (nSPS) is 11.2. The molecule has 0 bridgehead atoms. The summed E-state index contributed by atoms with van der Waals surface area (Å²) in [5.41, 5.74) is -0.475. The Morgan fingerprint density at radius 3 is 2.68 bits per heavy atom. The summed E-state index contributed by atoms with van der Waals surface area (Å²) in [7, 11) is 0. The van der Waals surface area contributed by atoms with Crippen molar-refractivity contribution in [3.05, 3.63) is 68.7 Å². The number of alkyl halides is 3. The fraction of sp³-hybridized carbons (Fsp3) is 0.118.